The summed E-state index contributed by atoms with van der Waals surface area (Å²) in [5.41, 5.74) is 9.87. The average Bonchev–Trinajstić information content (AvgIpc) is 3.13. The van der Waals surface area contributed by atoms with E-state index in [2.05, 4.69) is 12.1 Å². The van der Waals surface area contributed by atoms with Gasteiger partial charge in [-0.2, -0.15) is 0 Å². The van der Waals surface area contributed by atoms with Gasteiger partial charge in [-0.3, -0.25) is 0 Å². The fraction of sp³-hybridized carbons (Fsp3) is 0.294. The minimum Gasteiger partial charge on any atom is -0.736 e. The molecule has 0 unspecified atom stereocenters. The molecule has 210 valence electrons. The molecular formula is C34H32O6P-. The summed E-state index contributed by atoms with van der Waals surface area (Å²) in [6.07, 6.45) is 7.92. The standard InChI is InChI=1S/C34H33O6P/c1-37-25-15-11-21(12-16-25)29-19-23-7-3-5-9-27(23)31-32-28-10-6-4-8-24(28)20-30(22-13-17-26(38-2)18-14-22)34(32)40-41(35,36)39-33(29)31/h11-20H,3-10H2,1-2H3,(H,35,36)/p-1. The molecule has 0 atom stereocenters. The molecule has 4 aromatic carbocycles. The summed E-state index contributed by atoms with van der Waals surface area (Å²) < 4.78 is 36.4. The minimum atomic E-state index is -4.79. The minimum absolute atomic E-state index is 0.368. The number of fused-ring (bicyclic) bond motifs is 7. The second-order valence-corrected chi connectivity index (χ2v) is 12.3. The van der Waals surface area contributed by atoms with Gasteiger partial charge < -0.3 is 23.4 Å². The molecule has 0 spiro atoms. The molecule has 0 radical (unpaired) electrons. The van der Waals surface area contributed by atoms with E-state index in [1.54, 1.807) is 14.2 Å². The van der Waals surface area contributed by atoms with Crippen LogP contribution in [0.3, 0.4) is 0 Å². The number of hydrogen-bond donors (Lipinski definition) is 0. The summed E-state index contributed by atoms with van der Waals surface area (Å²) >= 11 is 0. The number of hydrogen-bond acceptors (Lipinski definition) is 6. The molecule has 7 heteroatoms. The molecule has 7 rings (SSSR count). The number of phosphoric acid groups is 1. The van der Waals surface area contributed by atoms with Crippen molar-refractivity contribution in [3.63, 3.8) is 0 Å². The van der Waals surface area contributed by atoms with Crippen molar-refractivity contribution in [1.29, 1.82) is 0 Å². The van der Waals surface area contributed by atoms with E-state index in [9.17, 15) is 9.46 Å². The largest absolute Gasteiger partial charge is 0.736 e. The summed E-state index contributed by atoms with van der Waals surface area (Å²) in [7, 11) is -1.52. The first kappa shape index (κ1) is 26.2. The molecule has 0 fully saturated rings. The Hall–Kier alpha value is -3.73. The van der Waals surface area contributed by atoms with Crippen LogP contribution in [0.15, 0.2) is 60.7 Å². The van der Waals surface area contributed by atoms with E-state index in [0.717, 1.165) is 96.2 Å². The van der Waals surface area contributed by atoms with Crippen molar-refractivity contribution in [1.82, 2.24) is 0 Å². The van der Waals surface area contributed by atoms with Gasteiger partial charge in [0.15, 0.2) is 0 Å². The van der Waals surface area contributed by atoms with E-state index < -0.39 is 7.82 Å². The van der Waals surface area contributed by atoms with Gasteiger partial charge in [-0.25, -0.2) is 4.57 Å². The third-order valence-corrected chi connectivity index (χ3v) is 9.48. The van der Waals surface area contributed by atoms with Crippen LogP contribution < -0.4 is 23.4 Å². The van der Waals surface area contributed by atoms with Crippen LogP contribution in [0.1, 0.15) is 47.9 Å². The van der Waals surface area contributed by atoms with Crippen molar-refractivity contribution in [2.24, 2.45) is 0 Å². The molecule has 4 aromatic rings. The van der Waals surface area contributed by atoms with Crippen molar-refractivity contribution < 1.29 is 28.0 Å². The molecule has 0 saturated heterocycles. The first-order valence-corrected chi connectivity index (χ1v) is 15.8. The van der Waals surface area contributed by atoms with Gasteiger partial charge in [0.2, 0.25) is 0 Å². The number of benzene rings is 4. The number of rotatable bonds is 4. The van der Waals surface area contributed by atoms with Crippen LogP contribution in [0.25, 0.3) is 33.4 Å². The molecule has 3 aliphatic rings. The molecule has 0 N–H and O–H groups in total. The van der Waals surface area contributed by atoms with Crippen LogP contribution in [-0.4, -0.2) is 14.2 Å². The maximum absolute atomic E-state index is 13.6. The highest BCUT2D eigenvalue weighted by molar-refractivity contribution is 7.46. The highest BCUT2D eigenvalue weighted by Gasteiger charge is 2.36. The number of phosphoric ester groups is 1. The van der Waals surface area contributed by atoms with Gasteiger partial charge in [0.05, 0.1) is 14.2 Å². The predicted molar refractivity (Wildman–Crippen MR) is 158 cm³/mol. The highest BCUT2D eigenvalue weighted by atomic mass is 31.2. The monoisotopic (exact) mass is 567 g/mol. The van der Waals surface area contributed by atoms with Crippen LogP contribution in [0.2, 0.25) is 0 Å². The van der Waals surface area contributed by atoms with Crippen molar-refractivity contribution in [2.75, 3.05) is 14.2 Å². The molecule has 0 aromatic heterocycles. The summed E-state index contributed by atoms with van der Waals surface area (Å²) in [6, 6.07) is 19.6. The summed E-state index contributed by atoms with van der Waals surface area (Å²) in [5, 5.41) is 0. The molecular weight excluding hydrogens is 535 g/mol. The van der Waals surface area contributed by atoms with Crippen LogP contribution in [0, 0.1) is 0 Å². The van der Waals surface area contributed by atoms with Gasteiger partial charge in [0.25, 0.3) is 0 Å². The summed E-state index contributed by atoms with van der Waals surface area (Å²) in [5.74, 6) is 2.21. The van der Waals surface area contributed by atoms with Crippen molar-refractivity contribution in [3.05, 3.63) is 82.9 Å². The van der Waals surface area contributed by atoms with Crippen LogP contribution in [0.5, 0.6) is 23.0 Å². The third-order valence-electron chi connectivity index (χ3n) is 8.66. The first-order chi connectivity index (χ1) is 20.0. The lowest BCUT2D eigenvalue weighted by Gasteiger charge is -2.28. The molecule has 6 nitrogen and oxygen atoms in total. The Labute approximate surface area is 240 Å². The Bertz CT molecular complexity index is 1570. The second kappa shape index (κ2) is 10.3. The normalized spacial score (nSPS) is 16.6. The van der Waals surface area contributed by atoms with Crippen LogP contribution >= 0.6 is 7.82 Å². The Balaban J connectivity index is 1.58. The Morgan fingerprint density at radius 2 is 1.02 bits per heavy atom. The Morgan fingerprint density at radius 1 is 0.634 bits per heavy atom. The lowest BCUT2D eigenvalue weighted by Crippen LogP contribution is -2.13. The van der Waals surface area contributed by atoms with E-state index in [0.29, 0.717) is 11.5 Å². The quantitative estimate of drug-likeness (QED) is 0.235. The Morgan fingerprint density at radius 3 is 1.41 bits per heavy atom. The zero-order valence-corrected chi connectivity index (χ0v) is 24.2. The molecule has 0 bridgehead atoms. The van der Waals surface area contributed by atoms with Gasteiger partial charge in [-0.1, -0.05) is 24.3 Å². The smallest absolute Gasteiger partial charge is 0.372 e. The van der Waals surface area contributed by atoms with Crippen molar-refractivity contribution >= 4 is 7.82 Å². The lowest BCUT2D eigenvalue weighted by molar-refractivity contribution is -0.208. The van der Waals surface area contributed by atoms with Gasteiger partial charge >= 0.3 is 7.82 Å². The van der Waals surface area contributed by atoms with Gasteiger partial charge in [-0.15, -0.1) is 0 Å². The van der Waals surface area contributed by atoms with E-state index >= 15 is 0 Å². The average molecular weight is 568 g/mol. The number of ether oxygens (including phenoxy) is 2. The van der Waals surface area contributed by atoms with Gasteiger partial charge in [0, 0.05) is 22.3 Å². The Kier molecular flexibility index (Phi) is 6.56. The fourth-order valence-electron chi connectivity index (χ4n) is 6.70. The first-order valence-electron chi connectivity index (χ1n) is 14.3. The molecule has 0 saturated carbocycles. The maximum atomic E-state index is 13.6. The predicted octanol–water partition coefficient (Wildman–Crippen LogP) is 7.70. The van der Waals surface area contributed by atoms with Crippen molar-refractivity contribution in [2.45, 2.75) is 51.4 Å². The molecule has 1 aliphatic heterocycles. The lowest BCUT2D eigenvalue weighted by atomic mass is 9.77. The molecule has 2 aliphatic carbocycles. The zero-order valence-electron chi connectivity index (χ0n) is 23.3. The third kappa shape index (κ3) is 4.60. The topological polar surface area (TPSA) is 77.1 Å². The van der Waals surface area contributed by atoms with Gasteiger partial charge in [0.1, 0.15) is 23.0 Å². The van der Waals surface area contributed by atoms with Crippen molar-refractivity contribution in [3.8, 4) is 56.4 Å². The SMILES string of the molecule is COc1ccc(-c2cc3c(c4c2OP(=O)([O-])Oc2c(-c5ccc(OC)cc5)cc5c(c2-4)CCCC5)CCCC3)cc1. The van der Waals surface area contributed by atoms with E-state index in [4.69, 9.17) is 18.5 Å². The molecule has 41 heavy (non-hydrogen) atoms. The fourth-order valence-corrected chi connectivity index (χ4v) is 7.56. The van der Waals surface area contributed by atoms with E-state index in [-0.39, 0.29) is 0 Å². The van der Waals surface area contributed by atoms with Gasteiger partial charge in [-0.05, 0) is 121 Å². The zero-order chi connectivity index (χ0) is 28.1. The number of aryl methyl sites for hydroxylation is 2. The molecule has 0 amide bonds. The summed E-state index contributed by atoms with van der Waals surface area (Å²) in [4.78, 5) is 13.6. The van der Waals surface area contributed by atoms with E-state index in [1.807, 2.05) is 48.5 Å². The summed E-state index contributed by atoms with van der Waals surface area (Å²) in [6.45, 7) is 0. The number of methoxy groups -OCH3 is 2. The van der Waals surface area contributed by atoms with E-state index in [1.165, 1.54) is 22.3 Å². The second-order valence-electron chi connectivity index (χ2n) is 11.0. The van der Waals surface area contributed by atoms with Crippen LogP contribution in [-0.2, 0) is 30.2 Å². The van der Waals surface area contributed by atoms with Crippen LogP contribution in [0.4, 0.5) is 0 Å². The molecule has 1 heterocycles. The maximum Gasteiger partial charge on any atom is 0.372 e. The highest BCUT2D eigenvalue weighted by Crippen LogP contribution is 2.60.